The van der Waals surface area contributed by atoms with Crippen molar-refractivity contribution in [3.05, 3.63) is 22.8 Å². The first-order chi connectivity index (χ1) is 7.79. The number of nitrogens with zero attached hydrogens (tertiary/aromatic N) is 2. The summed E-state index contributed by atoms with van der Waals surface area (Å²) in [6.07, 6.45) is 4.18. The first kappa shape index (κ1) is 11.9. The maximum absolute atomic E-state index is 8.99. The van der Waals surface area contributed by atoms with E-state index < -0.39 is 0 Å². The minimum atomic E-state index is -0.0774. The van der Waals surface area contributed by atoms with Gasteiger partial charge in [-0.1, -0.05) is 0 Å². The van der Waals surface area contributed by atoms with Gasteiger partial charge < -0.3 is 0 Å². The molecular formula is C11H12BrN3S. The predicted octanol–water partition coefficient (Wildman–Crippen LogP) is 2.58. The molecule has 0 aliphatic heterocycles. The Labute approximate surface area is 108 Å². The van der Waals surface area contributed by atoms with Crippen LogP contribution in [0, 0.1) is 11.3 Å². The van der Waals surface area contributed by atoms with Crippen molar-refractivity contribution in [1.82, 2.24) is 10.3 Å². The van der Waals surface area contributed by atoms with E-state index in [2.05, 4.69) is 32.3 Å². The predicted molar refractivity (Wildman–Crippen MR) is 68.2 cm³/mol. The third kappa shape index (κ3) is 3.48. The van der Waals surface area contributed by atoms with Crippen LogP contribution in [0.15, 0.2) is 27.8 Å². The minimum Gasteiger partial charge on any atom is -0.298 e. The molecule has 5 heteroatoms. The highest BCUT2D eigenvalue weighted by molar-refractivity contribution is 9.10. The molecule has 0 spiro atoms. The van der Waals surface area contributed by atoms with Crippen LogP contribution in [0.25, 0.3) is 0 Å². The van der Waals surface area contributed by atoms with E-state index in [9.17, 15) is 0 Å². The summed E-state index contributed by atoms with van der Waals surface area (Å²) in [5, 5.41) is 13.2. The minimum absolute atomic E-state index is 0.0774. The number of pyridine rings is 1. The Bertz CT molecular complexity index is 400. The Morgan fingerprint density at radius 3 is 3.12 bits per heavy atom. The average Bonchev–Trinajstić information content (AvgIpc) is 3.10. The lowest BCUT2D eigenvalue weighted by molar-refractivity contribution is 0.644. The van der Waals surface area contributed by atoms with Crippen LogP contribution in [0.2, 0.25) is 0 Å². The number of halogens is 1. The molecule has 0 radical (unpaired) electrons. The van der Waals surface area contributed by atoms with Gasteiger partial charge in [0.25, 0.3) is 0 Å². The second kappa shape index (κ2) is 5.67. The molecule has 1 aromatic rings. The molecule has 1 aromatic heterocycles. The smallest absolute Gasteiger partial charge is 0.110 e. The Morgan fingerprint density at radius 1 is 1.69 bits per heavy atom. The quantitative estimate of drug-likeness (QED) is 0.849. The van der Waals surface area contributed by atoms with Gasteiger partial charge >= 0.3 is 0 Å². The van der Waals surface area contributed by atoms with Crippen LogP contribution in [0.1, 0.15) is 12.8 Å². The standard InChI is InChI=1S/C11H12BrN3S/c12-10-2-1-5-14-11(10)16-7-9(6-13)15-8-3-4-8/h1-2,5,8-9,15H,3-4,7H2. The van der Waals surface area contributed by atoms with Gasteiger partial charge in [0, 0.05) is 22.5 Å². The zero-order valence-electron chi connectivity index (χ0n) is 8.69. The van der Waals surface area contributed by atoms with Gasteiger partial charge in [0.15, 0.2) is 0 Å². The van der Waals surface area contributed by atoms with Crippen molar-refractivity contribution in [2.45, 2.75) is 30.0 Å². The average molecular weight is 298 g/mol. The molecule has 3 nitrogen and oxygen atoms in total. The zero-order valence-corrected chi connectivity index (χ0v) is 11.1. The van der Waals surface area contributed by atoms with Crippen LogP contribution in [-0.2, 0) is 0 Å². The summed E-state index contributed by atoms with van der Waals surface area (Å²) in [5.74, 6) is 0.739. The summed E-state index contributed by atoms with van der Waals surface area (Å²) in [6, 6.07) is 6.63. The van der Waals surface area contributed by atoms with E-state index in [1.165, 1.54) is 12.8 Å². The lowest BCUT2D eigenvalue weighted by Gasteiger charge is -2.10. The fourth-order valence-corrected chi connectivity index (χ4v) is 2.73. The van der Waals surface area contributed by atoms with Crippen LogP contribution >= 0.6 is 27.7 Å². The number of nitrogens with one attached hydrogen (secondary N) is 1. The van der Waals surface area contributed by atoms with E-state index in [0.717, 1.165) is 15.3 Å². The number of rotatable bonds is 5. The molecule has 0 aromatic carbocycles. The topological polar surface area (TPSA) is 48.7 Å². The number of hydrogen-bond donors (Lipinski definition) is 1. The summed E-state index contributed by atoms with van der Waals surface area (Å²) < 4.78 is 0.989. The van der Waals surface area contributed by atoms with E-state index in [4.69, 9.17) is 5.26 Å². The van der Waals surface area contributed by atoms with E-state index >= 15 is 0 Å². The van der Waals surface area contributed by atoms with Gasteiger partial charge in [-0.3, -0.25) is 5.32 Å². The van der Waals surface area contributed by atoms with Gasteiger partial charge in [0.1, 0.15) is 11.1 Å². The summed E-state index contributed by atoms with van der Waals surface area (Å²) in [4.78, 5) is 4.26. The third-order valence-electron chi connectivity index (χ3n) is 2.28. The van der Waals surface area contributed by atoms with Gasteiger partial charge in [-0.25, -0.2) is 4.98 Å². The van der Waals surface area contributed by atoms with Gasteiger partial charge in [-0.05, 0) is 40.9 Å². The van der Waals surface area contributed by atoms with Gasteiger partial charge in [-0.15, -0.1) is 11.8 Å². The molecule has 2 rings (SSSR count). The normalized spacial score (nSPS) is 16.8. The summed E-state index contributed by atoms with van der Waals surface area (Å²) in [6.45, 7) is 0. The van der Waals surface area contributed by atoms with Gasteiger partial charge in [0.2, 0.25) is 0 Å². The van der Waals surface area contributed by atoms with Gasteiger partial charge in [-0.2, -0.15) is 5.26 Å². The lowest BCUT2D eigenvalue weighted by Crippen LogP contribution is -2.31. The monoisotopic (exact) mass is 297 g/mol. The van der Waals surface area contributed by atoms with Crippen molar-refractivity contribution >= 4 is 27.7 Å². The molecule has 1 atom stereocenters. The molecular weight excluding hydrogens is 286 g/mol. The van der Waals surface area contributed by atoms with E-state index in [1.807, 2.05) is 12.1 Å². The van der Waals surface area contributed by atoms with Gasteiger partial charge in [0.05, 0.1) is 6.07 Å². The molecule has 1 unspecified atom stereocenters. The maximum Gasteiger partial charge on any atom is 0.110 e. The van der Waals surface area contributed by atoms with E-state index in [1.54, 1.807) is 18.0 Å². The first-order valence-corrected chi connectivity index (χ1v) is 6.96. The zero-order chi connectivity index (χ0) is 11.4. The van der Waals surface area contributed by atoms with Crippen molar-refractivity contribution in [2.75, 3.05) is 5.75 Å². The molecule has 0 saturated heterocycles. The Balaban J connectivity index is 1.85. The van der Waals surface area contributed by atoms with E-state index in [0.29, 0.717) is 6.04 Å². The van der Waals surface area contributed by atoms with Crippen LogP contribution in [0.3, 0.4) is 0 Å². The van der Waals surface area contributed by atoms with Crippen molar-refractivity contribution in [2.24, 2.45) is 0 Å². The number of hydrogen-bond acceptors (Lipinski definition) is 4. The summed E-state index contributed by atoms with van der Waals surface area (Å²) in [7, 11) is 0. The highest BCUT2D eigenvalue weighted by Crippen LogP contribution is 2.26. The summed E-state index contributed by atoms with van der Waals surface area (Å²) >= 11 is 5.05. The van der Waals surface area contributed by atoms with Crippen molar-refractivity contribution < 1.29 is 0 Å². The largest absolute Gasteiger partial charge is 0.298 e. The van der Waals surface area contributed by atoms with Crippen molar-refractivity contribution in [1.29, 1.82) is 5.26 Å². The van der Waals surface area contributed by atoms with E-state index in [-0.39, 0.29) is 6.04 Å². The van der Waals surface area contributed by atoms with Crippen LogP contribution in [0.4, 0.5) is 0 Å². The highest BCUT2D eigenvalue weighted by atomic mass is 79.9. The second-order valence-corrected chi connectivity index (χ2v) is 5.59. The molecule has 1 saturated carbocycles. The van der Waals surface area contributed by atoms with Crippen LogP contribution in [0.5, 0.6) is 0 Å². The lowest BCUT2D eigenvalue weighted by atomic mass is 10.4. The maximum atomic E-state index is 8.99. The Kier molecular flexibility index (Phi) is 4.22. The molecule has 1 heterocycles. The van der Waals surface area contributed by atoms with Crippen molar-refractivity contribution in [3.63, 3.8) is 0 Å². The Hall–Kier alpha value is -0.570. The summed E-state index contributed by atoms with van der Waals surface area (Å²) in [5.41, 5.74) is 0. The molecule has 1 aliphatic rings. The number of thioether (sulfide) groups is 1. The molecule has 0 bridgehead atoms. The fraction of sp³-hybridized carbons (Fsp3) is 0.455. The van der Waals surface area contributed by atoms with Crippen molar-refractivity contribution in [3.8, 4) is 6.07 Å². The molecule has 1 aliphatic carbocycles. The molecule has 1 fully saturated rings. The van der Waals surface area contributed by atoms with Crippen LogP contribution in [-0.4, -0.2) is 22.8 Å². The SMILES string of the molecule is N#CC(CSc1ncccc1Br)NC1CC1. The molecule has 1 N–H and O–H groups in total. The van der Waals surface area contributed by atoms with Crippen LogP contribution < -0.4 is 5.32 Å². The number of nitriles is 1. The highest BCUT2D eigenvalue weighted by Gasteiger charge is 2.24. The molecule has 16 heavy (non-hydrogen) atoms. The number of aromatic nitrogens is 1. The molecule has 0 amide bonds. The fourth-order valence-electron chi connectivity index (χ4n) is 1.30. The Morgan fingerprint density at radius 2 is 2.50 bits per heavy atom. The first-order valence-electron chi connectivity index (χ1n) is 5.18. The second-order valence-electron chi connectivity index (χ2n) is 3.72. The molecule has 84 valence electrons. The third-order valence-corrected chi connectivity index (χ3v) is 4.28.